The van der Waals surface area contributed by atoms with Gasteiger partial charge < -0.3 is 18.9 Å². The third kappa shape index (κ3) is 8.73. The van der Waals surface area contributed by atoms with Gasteiger partial charge in [0.2, 0.25) is 6.29 Å². The molecule has 0 aromatic heterocycles. The molecule has 0 N–H and O–H groups in total. The quantitative estimate of drug-likeness (QED) is 0.244. The second-order valence-electron chi connectivity index (χ2n) is 9.28. The minimum atomic E-state index is -3.82. The summed E-state index contributed by atoms with van der Waals surface area (Å²) in [6, 6.07) is 29.3. The van der Waals surface area contributed by atoms with Gasteiger partial charge in [-0.3, -0.25) is 0 Å². The molecule has 1 saturated heterocycles. The maximum absolute atomic E-state index is 12.7. The fraction of sp³-hybridized carbons (Fsp3) is 0.400. The lowest BCUT2D eigenvalue weighted by molar-refractivity contribution is -0.136. The van der Waals surface area contributed by atoms with E-state index in [1.165, 1.54) is 0 Å². The molecule has 1 fully saturated rings. The first-order valence-electron chi connectivity index (χ1n) is 13.0. The van der Waals surface area contributed by atoms with Crippen molar-refractivity contribution in [3.05, 3.63) is 108 Å². The summed E-state index contributed by atoms with van der Waals surface area (Å²) in [6.07, 6.45) is -1.88. The van der Waals surface area contributed by atoms with E-state index >= 15 is 0 Å². The normalized spacial score (nSPS) is 21.5. The van der Waals surface area contributed by atoms with Gasteiger partial charge >= 0.3 is 0 Å². The van der Waals surface area contributed by atoms with Gasteiger partial charge in [-0.25, -0.2) is 4.18 Å². The highest BCUT2D eigenvalue weighted by atomic mass is 32.2. The van der Waals surface area contributed by atoms with E-state index in [0.717, 1.165) is 23.1 Å². The van der Waals surface area contributed by atoms with Crippen molar-refractivity contribution >= 4 is 10.1 Å². The molecule has 3 aromatic rings. The zero-order valence-corrected chi connectivity index (χ0v) is 22.5. The standard InChI is InChI=1S/C30H36O7S/c1-2-3-19-38(31,32)37-30-29(35-22-26-17-11-6-12-18-26)28(34-21-25-15-9-5-10-16-25)27(36-30)23-33-20-24-13-7-4-8-14-24/h4-18,27-30H,2-3,19-23H2,1H3/t27-,28-,29+,30+/m1/s1. The highest BCUT2D eigenvalue weighted by molar-refractivity contribution is 7.86. The van der Waals surface area contributed by atoms with E-state index in [4.69, 9.17) is 23.1 Å². The molecule has 1 aliphatic heterocycles. The maximum Gasteiger partial charge on any atom is 0.269 e. The summed E-state index contributed by atoms with van der Waals surface area (Å²) in [5.41, 5.74) is 2.96. The van der Waals surface area contributed by atoms with Crippen molar-refractivity contribution in [1.29, 1.82) is 0 Å². The predicted octanol–water partition coefficient (Wildman–Crippen LogP) is 5.25. The molecule has 4 atom stereocenters. The van der Waals surface area contributed by atoms with Gasteiger partial charge in [0.05, 0.1) is 32.2 Å². The minimum absolute atomic E-state index is 0.0839. The van der Waals surface area contributed by atoms with E-state index < -0.39 is 34.7 Å². The summed E-state index contributed by atoms with van der Waals surface area (Å²) in [4.78, 5) is 0. The van der Waals surface area contributed by atoms with Crippen LogP contribution >= 0.6 is 0 Å². The molecule has 7 nitrogen and oxygen atoms in total. The Labute approximate surface area is 225 Å². The third-order valence-corrected chi connectivity index (χ3v) is 7.49. The highest BCUT2D eigenvalue weighted by Gasteiger charge is 2.49. The lowest BCUT2D eigenvalue weighted by atomic mass is 10.1. The lowest BCUT2D eigenvalue weighted by Gasteiger charge is -2.25. The van der Waals surface area contributed by atoms with Gasteiger partial charge in [-0.05, 0) is 23.1 Å². The predicted molar refractivity (Wildman–Crippen MR) is 145 cm³/mol. The van der Waals surface area contributed by atoms with Crippen molar-refractivity contribution in [1.82, 2.24) is 0 Å². The molecule has 0 spiro atoms. The van der Waals surface area contributed by atoms with Crippen molar-refractivity contribution in [2.24, 2.45) is 0 Å². The van der Waals surface area contributed by atoms with Gasteiger partial charge in [0.1, 0.15) is 18.3 Å². The summed E-state index contributed by atoms with van der Waals surface area (Å²) in [5.74, 6) is -0.0839. The number of hydrogen-bond donors (Lipinski definition) is 0. The monoisotopic (exact) mass is 540 g/mol. The van der Waals surface area contributed by atoms with Gasteiger partial charge in [0.15, 0.2) is 0 Å². The first kappa shape index (κ1) is 28.4. The first-order chi connectivity index (χ1) is 18.5. The molecule has 0 unspecified atom stereocenters. The smallest absolute Gasteiger partial charge is 0.269 e. The van der Waals surface area contributed by atoms with Crippen LogP contribution in [-0.2, 0) is 53.1 Å². The molecule has 1 heterocycles. The van der Waals surface area contributed by atoms with Crippen molar-refractivity contribution in [3.8, 4) is 0 Å². The molecule has 0 radical (unpaired) electrons. The Morgan fingerprint density at radius 2 is 1.21 bits per heavy atom. The number of hydrogen-bond acceptors (Lipinski definition) is 7. The molecule has 0 amide bonds. The summed E-state index contributed by atoms with van der Waals surface area (Å²) in [7, 11) is -3.82. The molecule has 1 aliphatic rings. The van der Waals surface area contributed by atoms with Crippen LogP contribution in [0.3, 0.4) is 0 Å². The van der Waals surface area contributed by atoms with Crippen LogP contribution in [0.15, 0.2) is 91.0 Å². The Hall–Kier alpha value is -2.59. The SMILES string of the molecule is CCCCS(=O)(=O)O[C@@H]1O[C@H](COCc2ccccc2)[C@@H](OCc2ccccc2)[C@@H]1OCc1ccccc1. The first-order valence-corrected chi connectivity index (χ1v) is 14.6. The van der Waals surface area contributed by atoms with E-state index in [0.29, 0.717) is 19.6 Å². The van der Waals surface area contributed by atoms with Crippen LogP contribution in [0.2, 0.25) is 0 Å². The molecule has 4 rings (SSSR count). The van der Waals surface area contributed by atoms with E-state index in [1.807, 2.05) is 97.9 Å². The number of unbranched alkanes of at least 4 members (excludes halogenated alkanes) is 1. The second kappa shape index (κ2) is 14.5. The summed E-state index contributed by atoms with van der Waals surface area (Å²) >= 11 is 0. The van der Waals surface area contributed by atoms with Crippen LogP contribution in [0.25, 0.3) is 0 Å². The molecule has 0 aliphatic carbocycles. The molecule has 0 bridgehead atoms. The summed E-state index contributed by atoms with van der Waals surface area (Å²) in [5, 5.41) is 0. The lowest BCUT2D eigenvalue weighted by Crippen LogP contribution is -2.40. The number of benzene rings is 3. The zero-order chi connectivity index (χ0) is 26.6. The molecule has 38 heavy (non-hydrogen) atoms. The van der Waals surface area contributed by atoms with Crippen molar-refractivity contribution in [3.63, 3.8) is 0 Å². The fourth-order valence-corrected chi connectivity index (χ4v) is 5.38. The van der Waals surface area contributed by atoms with Gasteiger partial charge in [-0.2, -0.15) is 8.42 Å². The number of ether oxygens (including phenoxy) is 4. The molecular formula is C30H36O7S. The van der Waals surface area contributed by atoms with E-state index in [-0.39, 0.29) is 19.0 Å². The van der Waals surface area contributed by atoms with Gasteiger partial charge in [0.25, 0.3) is 10.1 Å². The number of rotatable bonds is 15. The van der Waals surface area contributed by atoms with Gasteiger partial charge in [-0.1, -0.05) is 104 Å². The topological polar surface area (TPSA) is 80.3 Å². The van der Waals surface area contributed by atoms with Crippen molar-refractivity contribution in [2.45, 2.75) is 64.2 Å². The summed E-state index contributed by atoms with van der Waals surface area (Å²) in [6.45, 7) is 3.08. The Balaban J connectivity index is 1.52. The van der Waals surface area contributed by atoms with Crippen LogP contribution in [0.5, 0.6) is 0 Å². The third-order valence-electron chi connectivity index (χ3n) is 6.22. The Morgan fingerprint density at radius 3 is 1.74 bits per heavy atom. The Bertz CT molecular complexity index is 1170. The molecule has 0 saturated carbocycles. The summed E-state index contributed by atoms with van der Waals surface area (Å²) < 4.78 is 55.7. The maximum atomic E-state index is 12.7. The fourth-order valence-electron chi connectivity index (χ4n) is 4.19. The van der Waals surface area contributed by atoms with E-state index in [9.17, 15) is 8.42 Å². The average molecular weight is 541 g/mol. The molecule has 8 heteroatoms. The van der Waals surface area contributed by atoms with Crippen LogP contribution in [-0.4, -0.2) is 45.4 Å². The van der Waals surface area contributed by atoms with Crippen molar-refractivity contribution in [2.75, 3.05) is 12.4 Å². The highest BCUT2D eigenvalue weighted by Crippen LogP contribution is 2.31. The largest absolute Gasteiger partial charge is 0.374 e. The van der Waals surface area contributed by atoms with Crippen LogP contribution < -0.4 is 0 Å². The van der Waals surface area contributed by atoms with Gasteiger partial charge in [0, 0.05) is 0 Å². The Kier molecular flexibility index (Phi) is 10.9. The van der Waals surface area contributed by atoms with Crippen LogP contribution in [0.1, 0.15) is 36.5 Å². The second-order valence-corrected chi connectivity index (χ2v) is 11.0. The van der Waals surface area contributed by atoms with Gasteiger partial charge in [-0.15, -0.1) is 0 Å². The van der Waals surface area contributed by atoms with Crippen LogP contribution in [0.4, 0.5) is 0 Å². The zero-order valence-electron chi connectivity index (χ0n) is 21.7. The molecule has 204 valence electrons. The van der Waals surface area contributed by atoms with E-state index in [1.54, 1.807) is 0 Å². The molecule has 3 aromatic carbocycles. The van der Waals surface area contributed by atoms with Crippen molar-refractivity contribution < 1.29 is 31.5 Å². The molecular weight excluding hydrogens is 504 g/mol. The minimum Gasteiger partial charge on any atom is -0.374 e. The van der Waals surface area contributed by atoms with Crippen LogP contribution in [0, 0.1) is 0 Å². The Morgan fingerprint density at radius 1 is 0.711 bits per heavy atom. The van der Waals surface area contributed by atoms with E-state index in [2.05, 4.69) is 0 Å². The average Bonchev–Trinajstić information content (AvgIpc) is 3.26.